The van der Waals surface area contributed by atoms with E-state index in [-0.39, 0.29) is 29.7 Å². The molecule has 31 heavy (non-hydrogen) atoms. The molecule has 1 aliphatic carbocycles. The van der Waals surface area contributed by atoms with E-state index in [1.54, 1.807) is 19.2 Å². The first-order valence-corrected chi connectivity index (χ1v) is 10.2. The molecule has 2 heterocycles. The number of H-pyrrole nitrogens is 1. The number of nitrogens with zero attached hydrogens (tertiary/aromatic N) is 3. The highest BCUT2D eigenvalue weighted by Gasteiger charge is 2.23. The maximum absolute atomic E-state index is 14.1. The Morgan fingerprint density at radius 1 is 1.19 bits per heavy atom. The summed E-state index contributed by atoms with van der Waals surface area (Å²) in [5.41, 5.74) is 7.73. The van der Waals surface area contributed by atoms with Gasteiger partial charge in [-0.05, 0) is 58.8 Å². The van der Waals surface area contributed by atoms with Crippen molar-refractivity contribution >= 4 is 34.9 Å². The van der Waals surface area contributed by atoms with Crippen molar-refractivity contribution in [2.45, 2.75) is 44.7 Å². The number of hydrogen-bond donors (Lipinski definition) is 3. The van der Waals surface area contributed by atoms with Crippen molar-refractivity contribution in [1.29, 1.82) is 0 Å². The first-order chi connectivity index (χ1) is 14.3. The number of anilines is 2. The summed E-state index contributed by atoms with van der Waals surface area (Å²) >= 11 is 0. The Balaban J connectivity index is 0.00000272. The molecule has 0 atom stereocenters. The number of halogens is 2. The lowest BCUT2D eigenvalue weighted by atomic mass is 9.90. The molecule has 0 saturated heterocycles. The third-order valence-electron chi connectivity index (χ3n) is 6.02. The Bertz CT molecular complexity index is 1140. The number of nitrogens with one attached hydrogen (secondary N) is 2. The first kappa shape index (κ1) is 23.0. The van der Waals surface area contributed by atoms with Gasteiger partial charge < -0.3 is 20.9 Å². The van der Waals surface area contributed by atoms with Gasteiger partial charge in [-0.2, -0.15) is 0 Å². The van der Waals surface area contributed by atoms with E-state index in [9.17, 15) is 9.18 Å². The molecular formula is C22H28ClFN6O. The highest BCUT2D eigenvalue weighted by molar-refractivity contribution is 5.94. The van der Waals surface area contributed by atoms with Crippen LogP contribution in [0.1, 0.15) is 31.2 Å². The molecule has 0 spiro atoms. The SMILES string of the molecule is Cc1c(=O)[nH]cc2c(-c3ccc(N)c(F)c3)nc(NC3CCC(N(C)C)CC3)nc12.Cl. The van der Waals surface area contributed by atoms with Crippen LogP contribution in [0.2, 0.25) is 0 Å². The van der Waals surface area contributed by atoms with Gasteiger partial charge in [-0.25, -0.2) is 14.4 Å². The number of pyridine rings is 1. The molecule has 0 amide bonds. The molecule has 0 radical (unpaired) electrons. The Morgan fingerprint density at radius 2 is 1.90 bits per heavy atom. The van der Waals surface area contributed by atoms with Crippen molar-refractivity contribution in [3.05, 3.63) is 46.1 Å². The number of aryl methyl sites for hydroxylation is 1. The summed E-state index contributed by atoms with van der Waals surface area (Å²) in [6.07, 6.45) is 5.83. The number of fused-ring (bicyclic) bond motifs is 1. The number of rotatable bonds is 4. The van der Waals surface area contributed by atoms with E-state index in [1.807, 2.05) is 0 Å². The lowest BCUT2D eigenvalue weighted by Crippen LogP contribution is -2.36. The van der Waals surface area contributed by atoms with Crippen molar-refractivity contribution < 1.29 is 4.39 Å². The van der Waals surface area contributed by atoms with Crippen LogP contribution in [0.15, 0.2) is 29.2 Å². The summed E-state index contributed by atoms with van der Waals surface area (Å²) in [5.74, 6) is -0.0475. The third kappa shape index (κ3) is 4.65. The molecule has 0 bridgehead atoms. The summed E-state index contributed by atoms with van der Waals surface area (Å²) in [6, 6.07) is 5.47. The van der Waals surface area contributed by atoms with E-state index in [0.717, 1.165) is 25.7 Å². The maximum Gasteiger partial charge on any atom is 0.253 e. The summed E-state index contributed by atoms with van der Waals surface area (Å²) in [4.78, 5) is 26.5. The van der Waals surface area contributed by atoms with Gasteiger partial charge in [0.1, 0.15) is 5.82 Å². The summed E-state index contributed by atoms with van der Waals surface area (Å²) in [7, 11) is 4.23. The highest BCUT2D eigenvalue weighted by atomic mass is 35.5. The monoisotopic (exact) mass is 446 g/mol. The molecule has 0 aliphatic heterocycles. The fourth-order valence-electron chi connectivity index (χ4n) is 4.12. The topological polar surface area (TPSA) is 99.9 Å². The van der Waals surface area contributed by atoms with Crippen molar-refractivity contribution in [2.75, 3.05) is 25.1 Å². The average molecular weight is 447 g/mol. The van der Waals surface area contributed by atoms with E-state index >= 15 is 0 Å². The Morgan fingerprint density at radius 3 is 2.55 bits per heavy atom. The van der Waals surface area contributed by atoms with E-state index in [1.165, 1.54) is 12.1 Å². The van der Waals surface area contributed by atoms with Gasteiger partial charge in [0.15, 0.2) is 0 Å². The summed E-state index contributed by atoms with van der Waals surface area (Å²) < 4.78 is 14.1. The van der Waals surface area contributed by atoms with Crippen LogP contribution in [-0.2, 0) is 0 Å². The number of aromatic nitrogens is 3. The van der Waals surface area contributed by atoms with Crippen molar-refractivity contribution in [2.24, 2.45) is 0 Å². The minimum absolute atomic E-state index is 0. The van der Waals surface area contributed by atoms with Crippen LogP contribution in [0.3, 0.4) is 0 Å². The smallest absolute Gasteiger partial charge is 0.253 e. The van der Waals surface area contributed by atoms with Crippen LogP contribution >= 0.6 is 12.4 Å². The fraction of sp³-hybridized carbons (Fsp3) is 0.409. The fourth-order valence-corrected chi connectivity index (χ4v) is 4.12. The molecule has 1 fully saturated rings. The van der Waals surface area contributed by atoms with Gasteiger partial charge in [0.25, 0.3) is 5.56 Å². The third-order valence-corrected chi connectivity index (χ3v) is 6.02. The summed E-state index contributed by atoms with van der Waals surface area (Å²) in [5, 5.41) is 4.11. The molecule has 0 unspecified atom stereocenters. The Labute approximate surface area is 186 Å². The predicted molar refractivity (Wildman–Crippen MR) is 125 cm³/mol. The van der Waals surface area contributed by atoms with Crippen LogP contribution < -0.4 is 16.6 Å². The van der Waals surface area contributed by atoms with Gasteiger partial charge >= 0.3 is 0 Å². The second-order valence-corrected chi connectivity index (χ2v) is 8.25. The van der Waals surface area contributed by atoms with Crippen LogP contribution in [0.4, 0.5) is 16.0 Å². The Hall–Kier alpha value is -2.71. The predicted octanol–water partition coefficient (Wildman–Crippen LogP) is 3.72. The maximum atomic E-state index is 14.1. The van der Waals surface area contributed by atoms with Crippen LogP contribution in [-0.4, -0.2) is 46.0 Å². The second kappa shape index (κ2) is 9.20. The molecule has 1 aliphatic rings. The molecule has 4 N–H and O–H groups in total. The minimum atomic E-state index is -0.503. The molecule has 9 heteroatoms. The molecular weight excluding hydrogens is 419 g/mol. The van der Waals surface area contributed by atoms with Gasteiger partial charge in [0.2, 0.25) is 5.95 Å². The zero-order valence-corrected chi connectivity index (χ0v) is 18.7. The van der Waals surface area contributed by atoms with E-state index < -0.39 is 5.82 Å². The Kier molecular flexibility index (Phi) is 6.81. The van der Waals surface area contributed by atoms with Gasteiger partial charge in [-0.1, -0.05) is 6.07 Å². The molecule has 7 nitrogen and oxygen atoms in total. The lowest BCUT2D eigenvalue weighted by Gasteiger charge is -2.33. The molecule has 1 saturated carbocycles. The van der Waals surface area contributed by atoms with Gasteiger partial charge in [-0.15, -0.1) is 12.4 Å². The quantitative estimate of drug-likeness (QED) is 0.528. The largest absolute Gasteiger partial charge is 0.396 e. The summed E-state index contributed by atoms with van der Waals surface area (Å²) in [6.45, 7) is 1.73. The zero-order valence-electron chi connectivity index (χ0n) is 17.9. The van der Waals surface area contributed by atoms with Gasteiger partial charge in [-0.3, -0.25) is 4.79 Å². The number of aromatic amines is 1. The number of nitrogens with two attached hydrogens (primary N) is 1. The standard InChI is InChI=1S/C22H27FN6O.ClH/c1-12-19-16(11-25-21(12)30)20(13-4-9-18(24)17(23)10-13)28-22(27-19)26-14-5-7-15(8-6-14)29(2)3;/h4,9-11,14-15H,5-8,24H2,1-3H3,(H,25,30)(H,26,27,28);1H. The van der Waals surface area contributed by atoms with Crippen molar-refractivity contribution in [3.63, 3.8) is 0 Å². The van der Waals surface area contributed by atoms with Gasteiger partial charge in [0.05, 0.1) is 16.9 Å². The number of nitrogen functional groups attached to an aromatic ring is 1. The van der Waals surface area contributed by atoms with Crippen molar-refractivity contribution in [1.82, 2.24) is 19.9 Å². The molecule has 4 rings (SSSR count). The van der Waals surface area contributed by atoms with Crippen molar-refractivity contribution in [3.8, 4) is 11.3 Å². The zero-order chi connectivity index (χ0) is 21.4. The minimum Gasteiger partial charge on any atom is -0.396 e. The molecule has 3 aromatic rings. The van der Waals surface area contributed by atoms with E-state index in [4.69, 9.17) is 10.7 Å². The van der Waals surface area contributed by atoms with E-state index in [0.29, 0.717) is 39.7 Å². The average Bonchev–Trinajstić information content (AvgIpc) is 2.73. The number of hydrogen-bond acceptors (Lipinski definition) is 6. The van der Waals surface area contributed by atoms with E-state index in [2.05, 4.69) is 34.3 Å². The van der Waals surface area contributed by atoms with Crippen LogP contribution in [0, 0.1) is 12.7 Å². The van der Waals surface area contributed by atoms with Crippen LogP contribution in [0.5, 0.6) is 0 Å². The second-order valence-electron chi connectivity index (χ2n) is 8.25. The highest BCUT2D eigenvalue weighted by Crippen LogP contribution is 2.30. The normalized spacial score (nSPS) is 18.7. The van der Waals surface area contributed by atoms with Gasteiger partial charge in [0, 0.05) is 34.8 Å². The molecule has 166 valence electrons. The van der Waals surface area contributed by atoms with Crippen LogP contribution in [0.25, 0.3) is 22.2 Å². The first-order valence-electron chi connectivity index (χ1n) is 10.2. The lowest BCUT2D eigenvalue weighted by molar-refractivity contribution is 0.221. The molecule has 2 aromatic heterocycles. The number of benzene rings is 1. The molecule has 1 aromatic carbocycles.